The van der Waals surface area contributed by atoms with Crippen LogP contribution in [0, 0.1) is 12.8 Å². The van der Waals surface area contributed by atoms with Crippen LogP contribution in [0.4, 0.5) is 5.82 Å². The second-order valence-corrected chi connectivity index (χ2v) is 6.16. The van der Waals surface area contributed by atoms with Gasteiger partial charge in [0.2, 0.25) is 0 Å². The number of halogens is 1. The van der Waals surface area contributed by atoms with Gasteiger partial charge in [0.05, 0.1) is 0 Å². The van der Waals surface area contributed by atoms with E-state index in [1.165, 1.54) is 5.56 Å². The van der Waals surface area contributed by atoms with Gasteiger partial charge in [0.25, 0.3) is 0 Å². The maximum Gasteiger partial charge on any atom is 0.126 e. The quantitative estimate of drug-likeness (QED) is 0.877. The zero-order valence-electron chi connectivity index (χ0n) is 11.0. The van der Waals surface area contributed by atoms with Crippen LogP contribution in [-0.4, -0.2) is 17.1 Å². The summed E-state index contributed by atoms with van der Waals surface area (Å²) < 4.78 is 1.03. The highest BCUT2D eigenvalue weighted by atomic mass is 79.9. The van der Waals surface area contributed by atoms with Crippen LogP contribution in [0.5, 0.6) is 0 Å². The summed E-state index contributed by atoms with van der Waals surface area (Å²) in [6, 6.07) is 2.04. The predicted octanol–water partition coefficient (Wildman–Crippen LogP) is 3.33. The van der Waals surface area contributed by atoms with Crippen molar-refractivity contribution in [3.05, 3.63) is 22.3 Å². The van der Waals surface area contributed by atoms with Crippen molar-refractivity contribution < 1.29 is 0 Å². The number of hydrogen-bond acceptors (Lipinski definition) is 3. The number of pyridine rings is 1. The van der Waals surface area contributed by atoms with Gasteiger partial charge in [0, 0.05) is 22.8 Å². The average molecular weight is 300 g/mol. The van der Waals surface area contributed by atoms with Gasteiger partial charge in [-0.25, -0.2) is 4.98 Å². The third kappa shape index (κ3) is 4.28. The molecule has 0 bridgehead atoms. The predicted molar refractivity (Wildman–Crippen MR) is 77.2 cm³/mol. The van der Waals surface area contributed by atoms with Crippen molar-refractivity contribution in [2.75, 3.05) is 11.9 Å². The van der Waals surface area contributed by atoms with Gasteiger partial charge in [-0.15, -0.1) is 0 Å². The number of aromatic nitrogens is 1. The first-order valence-electron chi connectivity index (χ1n) is 5.97. The van der Waals surface area contributed by atoms with Crippen molar-refractivity contribution in [2.24, 2.45) is 11.7 Å². The van der Waals surface area contributed by atoms with E-state index in [0.29, 0.717) is 12.5 Å². The first-order chi connectivity index (χ1) is 7.86. The second kappa shape index (κ2) is 5.83. The Kier molecular flexibility index (Phi) is 4.95. The summed E-state index contributed by atoms with van der Waals surface area (Å²) in [4.78, 5) is 4.37. The van der Waals surface area contributed by atoms with Gasteiger partial charge >= 0.3 is 0 Å². The maximum atomic E-state index is 5.87. The molecule has 1 atom stereocenters. The van der Waals surface area contributed by atoms with E-state index < -0.39 is 0 Å². The van der Waals surface area contributed by atoms with Crippen LogP contribution in [-0.2, 0) is 0 Å². The molecule has 0 amide bonds. The summed E-state index contributed by atoms with van der Waals surface area (Å²) in [5, 5.41) is 3.45. The Morgan fingerprint density at radius 1 is 1.53 bits per heavy atom. The standard InChI is InChI=1S/C13H22BrN3/c1-9(2)6-13(4,8-15)17-12-5-10(3)11(14)7-16-12/h5,7,9H,6,8,15H2,1-4H3,(H,16,17). The van der Waals surface area contributed by atoms with Crippen molar-refractivity contribution in [1.29, 1.82) is 0 Å². The molecule has 0 aliphatic rings. The number of nitrogens with two attached hydrogens (primary N) is 1. The molecule has 4 heteroatoms. The smallest absolute Gasteiger partial charge is 0.126 e. The number of rotatable bonds is 5. The van der Waals surface area contributed by atoms with Crippen LogP contribution in [0.3, 0.4) is 0 Å². The Labute approximate surface area is 112 Å². The van der Waals surface area contributed by atoms with Crippen molar-refractivity contribution >= 4 is 21.7 Å². The minimum atomic E-state index is -0.0958. The van der Waals surface area contributed by atoms with E-state index >= 15 is 0 Å². The van der Waals surface area contributed by atoms with E-state index in [1.807, 2.05) is 12.3 Å². The van der Waals surface area contributed by atoms with Gasteiger partial charge in [-0.05, 0) is 53.7 Å². The molecular formula is C13H22BrN3. The van der Waals surface area contributed by atoms with E-state index in [4.69, 9.17) is 5.73 Å². The summed E-state index contributed by atoms with van der Waals surface area (Å²) in [5.74, 6) is 1.49. The summed E-state index contributed by atoms with van der Waals surface area (Å²) in [5.41, 5.74) is 6.95. The van der Waals surface area contributed by atoms with Gasteiger partial charge in [0.15, 0.2) is 0 Å². The second-order valence-electron chi connectivity index (χ2n) is 5.31. The largest absolute Gasteiger partial charge is 0.364 e. The lowest BCUT2D eigenvalue weighted by molar-refractivity contribution is 0.406. The first-order valence-corrected chi connectivity index (χ1v) is 6.76. The molecule has 0 aromatic carbocycles. The summed E-state index contributed by atoms with van der Waals surface area (Å²) in [6.45, 7) is 9.21. The molecule has 1 aromatic heterocycles. The lowest BCUT2D eigenvalue weighted by Crippen LogP contribution is -2.43. The zero-order valence-corrected chi connectivity index (χ0v) is 12.6. The van der Waals surface area contributed by atoms with Crippen LogP contribution in [0.15, 0.2) is 16.7 Å². The molecule has 0 aliphatic heterocycles. The summed E-state index contributed by atoms with van der Waals surface area (Å²) in [6.07, 6.45) is 2.85. The van der Waals surface area contributed by atoms with Gasteiger partial charge in [0.1, 0.15) is 5.82 Å². The highest BCUT2D eigenvalue weighted by molar-refractivity contribution is 9.10. The zero-order chi connectivity index (χ0) is 13.1. The van der Waals surface area contributed by atoms with Gasteiger partial charge in [-0.3, -0.25) is 0 Å². The van der Waals surface area contributed by atoms with Gasteiger partial charge < -0.3 is 11.1 Å². The Bertz CT molecular complexity index is 379. The van der Waals surface area contributed by atoms with E-state index in [0.717, 1.165) is 16.7 Å². The average Bonchev–Trinajstić information content (AvgIpc) is 2.22. The lowest BCUT2D eigenvalue weighted by atomic mass is 9.91. The van der Waals surface area contributed by atoms with Crippen molar-refractivity contribution in [1.82, 2.24) is 4.98 Å². The molecule has 1 heterocycles. The van der Waals surface area contributed by atoms with Crippen LogP contribution in [0.2, 0.25) is 0 Å². The highest BCUT2D eigenvalue weighted by Crippen LogP contribution is 2.23. The summed E-state index contributed by atoms with van der Waals surface area (Å²) in [7, 11) is 0. The molecule has 0 saturated heterocycles. The number of anilines is 1. The molecule has 17 heavy (non-hydrogen) atoms. The molecule has 0 fully saturated rings. The molecule has 96 valence electrons. The van der Waals surface area contributed by atoms with Crippen molar-refractivity contribution in [3.8, 4) is 0 Å². The third-order valence-electron chi connectivity index (χ3n) is 2.79. The lowest BCUT2D eigenvalue weighted by Gasteiger charge is -2.31. The van der Waals surface area contributed by atoms with Gasteiger partial charge in [-0.2, -0.15) is 0 Å². The molecule has 0 saturated carbocycles. The highest BCUT2D eigenvalue weighted by Gasteiger charge is 2.23. The first kappa shape index (κ1) is 14.5. The van der Waals surface area contributed by atoms with E-state index in [2.05, 4.69) is 53.9 Å². The molecule has 0 aliphatic carbocycles. The molecular weight excluding hydrogens is 278 g/mol. The molecule has 3 nitrogen and oxygen atoms in total. The molecule has 1 unspecified atom stereocenters. The molecule has 3 N–H and O–H groups in total. The topological polar surface area (TPSA) is 50.9 Å². The molecule has 0 radical (unpaired) electrons. The fourth-order valence-corrected chi connectivity index (χ4v) is 2.22. The number of hydrogen-bond donors (Lipinski definition) is 2. The Balaban J connectivity index is 2.83. The minimum absolute atomic E-state index is 0.0958. The van der Waals surface area contributed by atoms with E-state index in [9.17, 15) is 0 Å². The number of nitrogens with zero attached hydrogens (tertiary/aromatic N) is 1. The van der Waals surface area contributed by atoms with Crippen LogP contribution in [0.1, 0.15) is 32.8 Å². The maximum absolute atomic E-state index is 5.87. The minimum Gasteiger partial charge on any atom is -0.364 e. The Hall–Kier alpha value is -0.610. The fourth-order valence-electron chi connectivity index (χ4n) is 2.00. The van der Waals surface area contributed by atoms with Crippen LogP contribution in [0.25, 0.3) is 0 Å². The Morgan fingerprint density at radius 2 is 2.18 bits per heavy atom. The third-order valence-corrected chi connectivity index (χ3v) is 3.62. The summed E-state index contributed by atoms with van der Waals surface area (Å²) >= 11 is 3.45. The normalized spacial score (nSPS) is 14.8. The SMILES string of the molecule is Cc1cc(NC(C)(CN)CC(C)C)ncc1Br. The number of aryl methyl sites for hydroxylation is 1. The van der Waals surface area contributed by atoms with E-state index in [-0.39, 0.29) is 5.54 Å². The molecule has 0 spiro atoms. The fraction of sp³-hybridized carbons (Fsp3) is 0.615. The van der Waals surface area contributed by atoms with E-state index in [1.54, 1.807) is 0 Å². The molecule has 1 aromatic rings. The molecule has 1 rings (SSSR count). The van der Waals surface area contributed by atoms with Crippen molar-refractivity contribution in [2.45, 2.75) is 39.7 Å². The van der Waals surface area contributed by atoms with Gasteiger partial charge in [-0.1, -0.05) is 13.8 Å². The number of nitrogens with one attached hydrogen (secondary N) is 1. The van der Waals surface area contributed by atoms with Crippen LogP contribution < -0.4 is 11.1 Å². The van der Waals surface area contributed by atoms with Crippen LogP contribution >= 0.6 is 15.9 Å². The monoisotopic (exact) mass is 299 g/mol. The van der Waals surface area contributed by atoms with Crippen molar-refractivity contribution in [3.63, 3.8) is 0 Å². The Morgan fingerprint density at radius 3 is 2.65 bits per heavy atom.